The van der Waals surface area contributed by atoms with Gasteiger partial charge in [-0.1, -0.05) is 42.0 Å². The largest absolute Gasteiger partial charge is 0.497 e. The lowest BCUT2D eigenvalue weighted by Crippen LogP contribution is -2.44. The molecule has 1 aliphatic heterocycles. The Balaban J connectivity index is 1.47. The number of aromatic nitrogens is 3. The molecule has 1 aromatic heterocycles. The zero-order valence-electron chi connectivity index (χ0n) is 18.9. The average molecular weight is 468 g/mol. The fourth-order valence-electron chi connectivity index (χ4n) is 3.97. The van der Waals surface area contributed by atoms with E-state index < -0.39 is 0 Å². The molecule has 0 spiro atoms. The Morgan fingerprint density at radius 2 is 1.88 bits per heavy atom. The summed E-state index contributed by atoms with van der Waals surface area (Å²) in [5.74, 6) is 1.34. The van der Waals surface area contributed by atoms with E-state index in [0.717, 1.165) is 35.5 Å². The number of morpholine rings is 1. The van der Waals surface area contributed by atoms with Gasteiger partial charge in [-0.25, -0.2) is 0 Å². The highest BCUT2D eigenvalue weighted by atomic mass is 32.1. The first-order chi connectivity index (χ1) is 16.0. The topological polar surface area (TPSA) is 84.4 Å². The molecule has 0 radical (unpaired) electrons. The number of aromatic amines is 1. The smallest absolute Gasteiger partial charge is 0.240 e. The first-order valence-corrected chi connectivity index (χ1v) is 11.4. The van der Waals surface area contributed by atoms with Crippen LogP contribution in [0.25, 0.3) is 11.4 Å². The Hall–Kier alpha value is -3.01. The lowest BCUT2D eigenvalue weighted by atomic mass is 10.0. The summed E-state index contributed by atoms with van der Waals surface area (Å²) >= 11 is 5.39. The van der Waals surface area contributed by atoms with Gasteiger partial charge in [0, 0.05) is 25.2 Å². The molecule has 0 aliphatic carbocycles. The van der Waals surface area contributed by atoms with Gasteiger partial charge in [-0.3, -0.25) is 19.4 Å². The summed E-state index contributed by atoms with van der Waals surface area (Å²) in [6.07, 6.45) is 0. The fraction of sp³-hybridized carbons (Fsp3) is 0.375. The Bertz CT molecular complexity index is 1120. The van der Waals surface area contributed by atoms with Crippen molar-refractivity contribution in [1.29, 1.82) is 0 Å². The molecule has 8 nitrogen and oxygen atoms in total. The third-order valence-electron chi connectivity index (χ3n) is 5.85. The zero-order chi connectivity index (χ0) is 23.2. The van der Waals surface area contributed by atoms with Gasteiger partial charge in [0.2, 0.25) is 5.91 Å². The van der Waals surface area contributed by atoms with Crippen LogP contribution in [0.15, 0.2) is 48.5 Å². The van der Waals surface area contributed by atoms with E-state index >= 15 is 0 Å². The molecule has 1 unspecified atom stereocenters. The van der Waals surface area contributed by atoms with E-state index in [4.69, 9.17) is 21.7 Å². The molecule has 1 fully saturated rings. The van der Waals surface area contributed by atoms with Crippen molar-refractivity contribution >= 4 is 18.1 Å². The molecule has 4 rings (SSSR count). The summed E-state index contributed by atoms with van der Waals surface area (Å²) in [4.78, 5) is 15.3. The number of amides is 1. The van der Waals surface area contributed by atoms with Crippen LogP contribution in [0.3, 0.4) is 0 Å². The van der Waals surface area contributed by atoms with Crippen molar-refractivity contribution in [3.63, 3.8) is 0 Å². The monoisotopic (exact) mass is 467 g/mol. The van der Waals surface area contributed by atoms with E-state index in [1.54, 1.807) is 11.7 Å². The second-order valence-corrected chi connectivity index (χ2v) is 8.43. The molecule has 3 aromatic rings. The van der Waals surface area contributed by atoms with Gasteiger partial charge in [0.15, 0.2) is 10.6 Å². The number of H-pyrrole nitrogens is 1. The summed E-state index contributed by atoms with van der Waals surface area (Å²) in [7, 11) is 1.65. The third-order valence-corrected chi connectivity index (χ3v) is 6.16. The van der Waals surface area contributed by atoms with Gasteiger partial charge in [-0.15, -0.1) is 0 Å². The number of carbonyl (C=O) groups excluding carboxylic acids is 1. The molecule has 2 aromatic carbocycles. The molecule has 1 atom stereocenters. The van der Waals surface area contributed by atoms with E-state index in [0.29, 0.717) is 30.4 Å². The van der Waals surface area contributed by atoms with E-state index in [1.807, 2.05) is 55.5 Å². The van der Waals surface area contributed by atoms with Crippen molar-refractivity contribution in [2.75, 3.05) is 40.0 Å². The second kappa shape index (κ2) is 10.7. The maximum absolute atomic E-state index is 12.9. The van der Waals surface area contributed by atoms with Crippen LogP contribution in [0, 0.1) is 11.7 Å². The molecule has 0 bridgehead atoms. The number of carbonyl (C=O) groups is 1. The number of rotatable bonds is 8. The molecule has 2 N–H and O–H groups in total. The lowest BCUT2D eigenvalue weighted by Gasteiger charge is -2.35. The lowest BCUT2D eigenvalue weighted by molar-refractivity contribution is -0.122. The first kappa shape index (κ1) is 23.2. The third kappa shape index (κ3) is 5.68. The van der Waals surface area contributed by atoms with Gasteiger partial charge in [-0.2, -0.15) is 5.10 Å². The first-order valence-electron chi connectivity index (χ1n) is 11.0. The van der Waals surface area contributed by atoms with E-state index in [-0.39, 0.29) is 18.5 Å². The predicted molar refractivity (Wildman–Crippen MR) is 129 cm³/mol. The Morgan fingerprint density at radius 3 is 2.55 bits per heavy atom. The van der Waals surface area contributed by atoms with Gasteiger partial charge in [0.05, 0.1) is 26.4 Å². The SMILES string of the molecule is COc1ccc(C(CNC(=O)Cn2c(-c3ccc(C)cc3)n[nH]c2=S)N2CCOCC2)cc1. The van der Waals surface area contributed by atoms with Crippen LogP contribution in [0.2, 0.25) is 0 Å². The van der Waals surface area contributed by atoms with Crippen LogP contribution in [0.5, 0.6) is 5.75 Å². The summed E-state index contributed by atoms with van der Waals surface area (Å²) in [6.45, 7) is 5.61. The van der Waals surface area contributed by atoms with Crippen molar-refractivity contribution in [1.82, 2.24) is 25.0 Å². The fourth-order valence-corrected chi connectivity index (χ4v) is 4.17. The molecule has 2 heterocycles. The normalized spacial score (nSPS) is 15.2. The van der Waals surface area contributed by atoms with Gasteiger partial charge < -0.3 is 14.8 Å². The molecule has 1 saturated heterocycles. The number of hydrogen-bond acceptors (Lipinski definition) is 6. The Kier molecular flexibility index (Phi) is 7.54. The quantitative estimate of drug-likeness (QED) is 0.495. The van der Waals surface area contributed by atoms with E-state index in [2.05, 4.69) is 20.4 Å². The molecule has 9 heteroatoms. The minimum Gasteiger partial charge on any atom is -0.497 e. The molecule has 0 saturated carbocycles. The highest BCUT2D eigenvalue weighted by molar-refractivity contribution is 7.71. The van der Waals surface area contributed by atoms with E-state index in [9.17, 15) is 4.79 Å². The number of nitrogens with zero attached hydrogens (tertiary/aromatic N) is 3. The van der Waals surface area contributed by atoms with Crippen LogP contribution in [0.4, 0.5) is 0 Å². The number of aryl methyl sites for hydroxylation is 1. The van der Waals surface area contributed by atoms with Crippen LogP contribution >= 0.6 is 12.2 Å². The molecular formula is C24H29N5O3S. The average Bonchev–Trinajstić information content (AvgIpc) is 3.20. The highest BCUT2D eigenvalue weighted by Crippen LogP contribution is 2.24. The summed E-state index contributed by atoms with van der Waals surface area (Å²) in [6, 6.07) is 16.0. The molecule has 33 heavy (non-hydrogen) atoms. The van der Waals surface area contributed by atoms with Crippen molar-refractivity contribution in [2.45, 2.75) is 19.5 Å². The number of ether oxygens (including phenoxy) is 2. The van der Waals surface area contributed by atoms with Crippen molar-refractivity contribution in [3.05, 3.63) is 64.4 Å². The van der Waals surface area contributed by atoms with Gasteiger partial charge in [-0.05, 0) is 36.8 Å². The number of hydrogen-bond donors (Lipinski definition) is 2. The number of benzene rings is 2. The van der Waals surface area contributed by atoms with Crippen molar-refractivity contribution < 1.29 is 14.3 Å². The molecule has 174 valence electrons. The maximum Gasteiger partial charge on any atom is 0.240 e. The molecule has 1 aliphatic rings. The summed E-state index contributed by atoms with van der Waals surface area (Å²) in [5.41, 5.74) is 3.19. The van der Waals surface area contributed by atoms with Crippen LogP contribution in [-0.2, 0) is 16.1 Å². The van der Waals surface area contributed by atoms with Crippen LogP contribution < -0.4 is 10.1 Å². The minimum atomic E-state index is -0.118. The van der Waals surface area contributed by atoms with Crippen molar-refractivity contribution in [3.8, 4) is 17.1 Å². The zero-order valence-corrected chi connectivity index (χ0v) is 19.7. The summed E-state index contributed by atoms with van der Waals surface area (Å²) in [5, 5.41) is 10.2. The van der Waals surface area contributed by atoms with Crippen LogP contribution in [-0.4, -0.2) is 65.5 Å². The van der Waals surface area contributed by atoms with E-state index in [1.165, 1.54) is 0 Å². The number of methoxy groups -OCH3 is 1. The number of nitrogens with one attached hydrogen (secondary N) is 2. The van der Waals surface area contributed by atoms with Gasteiger partial charge in [0.25, 0.3) is 0 Å². The van der Waals surface area contributed by atoms with Gasteiger partial charge >= 0.3 is 0 Å². The van der Waals surface area contributed by atoms with Crippen molar-refractivity contribution in [2.24, 2.45) is 0 Å². The van der Waals surface area contributed by atoms with Gasteiger partial charge in [0.1, 0.15) is 12.3 Å². The Morgan fingerprint density at radius 1 is 1.18 bits per heavy atom. The highest BCUT2D eigenvalue weighted by Gasteiger charge is 2.23. The summed E-state index contributed by atoms with van der Waals surface area (Å²) < 4.78 is 13.0. The maximum atomic E-state index is 12.9. The molecule has 1 amide bonds. The molecular weight excluding hydrogens is 438 g/mol. The second-order valence-electron chi connectivity index (χ2n) is 8.05. The van der Waals surface area contributed by atoms with Crippen LogP contribution in [0.1, 0.15) is 17.2 Å². The standard InChI is InChI=1S/C24H29N5O3S/c1-17-3-5-19(6-4-17)23-26-27-24(33)29(23)16-22(30)25-15-21(28-11-13-32-14-12-28)18-7-9-20(31-2)10-8-18/h3-10,21H,11-16H2,1-2H3,(H,25,30)(H,27,33). The minimum absolute atomic E-state index is 0.0395. The predicted octanol–water partition coefficient (Wildman–Crippen LogP) is 3.11. The Labute approximate surface area is 198 Å².